The molecule has 0 aromatic heterocycles. The minimum absolute atomic E-state index is 0.0235. The monoisotopic (exact) mass is 295 g/mol. The number of rotatable bonds is 4. The van der Waals surface area contributed by atoms with Crippen molar-refractivity contribution in [3.05, 3.63) is 0 Å². The summed E-state index contributed by atoms with van der Waals surface area (Å²) < 4.78 is 0. The van der Waals surface area contributed by atoms with Crippen molar-refractivity contribution in [2.75, 3.05) is 0 Å². The fourth-order valence-electron chi connectivity index (χ4n) is 4.23. The highest BCUT2D eigenvalue weighted by Crippen LogP contribution is 2.36. The maximum Gasteiger partial charge on any atom is 0.307 e. The second-order valence-corrected chi connectivity index (χ2v) is 7.42. The zero-order valence-electron chi connectivity index (χ0n) is 13.5. The Labute approximate surface area is 127 Å². The maximum absolute atomic E-state index is 12.5. The Morgan fingerprint density at radius 3 is 2.38 bits per heavy atom. The van der Waals surface area contributed by atoms with Gasteiger partial charge in [-0.3, -0.25) is 9.59 Å². The molecule has 2 saturated carbocycles. The van der Waals surface area contributed by atoms with E-state index in [4.69, 9.17) is 0 Å². The van der Waals surface area contributed by atoms with Crippen molar-refractivity contribution in [2.24, 2.45) is 29.6 Å². The lowest BCUT2D eigenvalue weighted by Crippen LogP contribution is -2.48. The number of hydrogen-bond acceptors (Lipinski definition) is 2. The van der Waals surface area contributed by atoms with E-state index in [9.17, 15) is 14.7 Å². The molecule has 0 saturated heterocycles. The van der Waals surface area contributed by atoms with Crippen LogP contribution in [0.25, 0.3) is 0 Å². The SMILES string of the molecule is CC1CCC(C(C)C)C(NC(=O)C2CCCC2C(=O)O)C1. The van der Waals surface area contributed by atoms with Crippen molar-refractivity contribution in [3.63, 3.8) is 0 Å². The fourth-order valence-corrected chi connectivity index (χ4v) is 4.23. The fraction of sp³-hybridized carbons (Fsp3) is 0.882. The summed E-state index contributed by atoms with van der Waals surface area (Å²) in [5.74, 6) is 0.0754. The minimum atomic E-state index is -0.815. The molecule has 21 heavy (non-hydrogen) atoms. The van der Waals surface area contributed by atoms with Crippen molar-refractivity contribution in [1.29, 1.82) is 0 Å². The summed E-state index contributed by atoms with van der Waals surface area (Å²) in [5.41, 5.74) is 0. The largest absolute Gasteiger partial charge is 0.481 e. The van der Waals surface area contributed by atoms with E-state index in [0.717, 1.165) is 25.7 Å². The molecule has 0 radical (unpaired) electrons. The Morgan fingerprint density at radius 2 is 1.76 bits per heavy atom. The highest BCUT2D eigenvalue weighted by atomic mass is 16.4. The molecule has 2 rings (SSSR count). The van der Waals surface area contributed by atoms with Crippen LogP contribution in [-0.2, 0) is 9.59 Å². The van der Waals surface area contributed by atoms with Gasteiger partial charge in [0.1, 0.15) is 0 Å². The first-order chi connectivity index (χ1) is 9.90. The number of amides is 1. The van der Waals surface area contributed by atoms with Crippen molar-refractivity contribution >= 4 is 11.9 Å². The minimum Gasteiger partial charge on any atom is -0.481 e. The summed E-state index contributed by atoms with van der Waals surface area (Å²) in [4.78, 5) is 23.8. The molecular formula is C17H29NO3. The molecule has 0 aromatic carbocycles. The van der Waals surface area contributed by atoms with Crippen LogP contribution in [0.5, 0.6) is 0 Å². The van der Waals surface area contributed by atoms with Crippen LogP contribution in [0.3, 0.4) is 0 Å². The number of carboxylic acid groups (broad SMARTS) is 1. The molecule has 5 atom stereocenters. The van der Waals surface area contributed by atoms with Crippen LogP contribution in [0.15, 0.2) is 0 Å². The lowest BCUT2D eigenvalue weighted by molar-refractivity contribution is -0.146. The molecule has 2 fully saturated rings. The first-order valence-corrected chi connectivity index (χ1v) is 8.43. The molecule has 0 bridgehead atoms. The molecular weight excluding hydrogens is 266 g/mol. The Morgan fingerprint density at radius 1 is 1.10 bits per heavy atom. The van der Waals surface area contributed by atoms with Crippen LogP contribution in [-0.4, -0.2) is 23.0 Å². The summed E-state index contributed by atoms with van der Waals surface area (Å²) in [6.45, 7) is 6.68. The normalized spacial score (nSPS) is 36.7. The highest BCUT2D eigenvalue weighted by Gasteiger charge is 2.40. The molecule has 4 nitrogen and oxygen atoms in total. The van der Waals surface area contributed by atoms with E-state index < -0.39 is 11.9 Å². The van der Waals surface area contributed by atoms with Crippen molar-refractivity contribution in [1.82, 2.24) is 5.32 Å². The number of carbonyl (C=O) groups is 2. The molecule has 2 aliphatic carbocycles. The Hall–Kier alpha value is -1.06. The average molecular weight is 295 g/mol. The second-order valence-electron chi connectivity index (χ2n) is 7.42. The summed E-state index contributed by atoms with van der Waals surface area (Å²) in [6, 6.07) is 0.219. The predicted octanol–water partition coefficient (Wildman–Crippen LogP) is 3.06. The molecule has 4 heteroatoms. The first-order valence-electron chi connectivity index (χ1n) is 8.43. The van der Waals surface area contributed by atoms with Crippen LogP contribution >= 0.6 is 0 Å². The lowest BCUT2D eigenvalue weighted by atomic mass is 9.74. The van der Waals surface area contributed by atoms with E-state index in [2.05, 4.69) is 26.1 Å². The van der Waals surface area contributed by atoms with Gasteiger partial charge < -0.3 is 10.4 Å². The van der Waals surface area contributed by atoms with Gasteiger partial charge in [-0.05, 0) is 43.4 Å². The maximum atomic E-state index is 12.5. The van der Waals surface area contributed by atoms with Crippen molar-refractivity contribution in [3.8, 4) is 0 Å². The Bertz CT molecular complexity index is 393. The molecule has 120 valence electrons. The number of hydrogen-bond donors (Lipinski definition) is 2. The van der Waals surface area contributed by atoms with Crippen molar-refractivity contribution in [2.45, 2.75) is 65.3 Å². The quantitative estimate of drug-likeness (QED) is 0.837. The Kier molecular flexibility index (Phi) is 5.28. The number of carbonyl (C=O) groups excluding carboxylic acids is 1. The third-order valence-corrected chi connectivity index (χ3v) is 5.52. The van der Waals surface area contributed by atoms with Crippen LogP contribution in [0, 0.1) is 29.6 Å². The van der Waals surface area contributed by atoms with E-state index in [0.29, 0.717) is 24.2 Å². The molecule has 2 aliphatic rings. The summed E-state index contributed by atoms with van der Waals surface area (Å²) in [5, 5.41) is 12.4. The van der Waals surface area contributed by atoms with Gasteiger partial charge in [-0.1, -0.05) is 33.6 Å². The summed E-state index contributed by atoms with van der Waals surface area (Å²) in [6.07, 6.45) is 5.63. The van der Waals surface area contributed by atoms with E-state index >= 15 is 0 Å². The zero-order chi connectivity index (χ0) is 15.6. The third-order valence-electron chi connectivity index (χ3n) is 5.52. The molecule has 1 amide bonds. The Balaban J connectivity index is 2.01. The number of nitrogens with one attached hydrogen (secondary N) is 1. The summed E-state index contributed by atoms with van der Waals surface area (Å²) in [7, 11) is 0. The lowest BCUT2D eigenvalue weighted by Gasteiger charge is -2.38. The van der Waals surface area contributed by atoms with Gasteiger partial charge in [0, 0.05) is 6.04 Å². The number of aliphatic carboxylic acids is 1. The van der Waals surface area contributed by atoms with Gasteiger partial charge in [-0.15, -0.1) is 0 Å². The standard InChI is InChI=1S/C17H29NO3/c1-10(2)12-8-7-11(3)9-15(12)18-16(19)13-5-4-6-14(13)17(20)21/h10-15H,4-9H2,1-3H3,(H,18,19)(H,20,21). The highest BCUT2D eigenvalue weighted by molar-refractivity contribution is 5.85. The van der Waals surface area contributed by atoms with Crippen LogP contribution < -0.4 is 5.32 Å². The van der Waals surface area contributed by atoms with E-state index in [1.807, 2.05) is 0 Å². The van der Waals surface area contributed by atoms with Gasteiger partial charge in [0.05, 0.1) is 11.8 Å². The van der Waals surface area contributed by atoms with E-state index in [1.54, 1.807) is 0 Å². The van der Waals surface area contributed by atoms with Gasteiger partial charge >= 0.3 is 5.97 Å². The second kappa shape index (κ2) is 6.80. The predicted molar refractivity (Wildman–Crippen MR) is 81.7 cm³/mol. The molecule has 0 spiro atoms. The van der Waals surface area contributed by atoms with Gasteiger partial charge in [-0.25, -0.2) is 0 Å². The van der Waals surface area contributed by atoms with E-state index in [1.165, 1.54) is 6.42 Å². The van der Waals surface area contributed by atoms with Crippen LogP contribution in [0.2, 0.25) is 0 Å². The summed E-state index contributed by atoms with van der Waals surface area (Å²) >= 11 is 0. The molecule has 2 N–H and O–H groups in total. The molecule has 5 unspecified atom stereocenters. The first kappa shape index (κ1) is 16.3. The molecule has 0 heterocycles. The van der Waals surface area contributed by atoms with Crippen LogP contribution in [0.1, 0.15) is 59.3 Å². The van der Waals surface area contributed by atoms with E-state index in [-0.39, 0.29) is 17.9 Å². The zero-order valence-corrected chi connectivity index (χ0v) is 13.5. The third kappa shape index (κ3) is 3.78. The molecule has 0 aliphatic heterocycles. The smallest absolute Gasteiger partial charge is 0.307 e. The molecule has 0 aromatic rings. The van der Waals surface area contributed by atoms with Crippen molar-refractivity contribution < 1.29 is 14.7 Å². The topological polar surface area (TPSA) is 66.4 Å². The van der Waals surface area contributed by atoms with Gasteiger partial charge in [-0.2, -0.15) is 0 Å². The number of carboxylic acids is 1. The van der Waals surface area contributed by atoms with Crippen LogP contribution in [0.4, 0.5) is 0 Å². The van der Waals surface area contributed by atoms with Gasteiger partial charge in [0.2, 0.25) is 5.91 Å². The average Bonchev–Trinajstić information content (AvgIpc) is 2.87. The van der Waals surface area contributed by atoms with Gasteiger partial charge in [0.25, 0.3) is 0 Å². The van der Waals surface area contributed by atoms with Gasteiger partial charge in [0.15, 0.2) is 0 Å².